The Balaban J connectivity index is 3.37. The Hall–Kier alpha value is -0.680. The molecule has 0 heterocycles. The minimum Gasteiger partial charge on any atom is -0.298 e. The van der Waals surface area contributed by atoms with E-state index in [9.17, 15) is 13.2 Å². The molecule has 0 saturated heterocycles. The fourth-order valence-corrected chi connectivity index (χ4v) is 2.90. The molecule has 0 radical (unpaired) electrons. The van der Waals surface area contributed by atoms with Crippen molar-refractivity contribution in [2.75, 3.05) is 6.26 Å². The predicted molar refractivity (Wildman–Crippen MR) is 52.6 cm³/mol. The normalized spacial score (nSPS) is 11.2. The smallest absolute Gasteiger partial charge is 0.176 e. The van der Waals surface area contributed by atoms with Crippen LogP contribution in [0.15, 0.2) is 27.6 Å². The lowest BCUT2D eigenvalue weighted by Crippen LogP contribution is -1.98. The first kappa shape index (κ1) is 10.4. The molecular weight excluding hydrogens is 256 g/mol. The van der Waals surface area contributed by atoms with Crippen molar-refractivity contribution in [3.05, 3.63) is 28.2 Å². The molecule has 5 heteroatoms. The van der Waals surface area contributed by atoms with Gasteiger partial charge in [0.25, 0.3) is 0 Å². The van der Waals surface area contributed by atoms with Gasteiger partial charge >= 0.3 is 0 Å². The summed E-state index contributed by atoms with van der Waals surface area (Å²) >= 11 is 3.09. The summed E-state index contributed by atoms with van der Waals surface area (Å²) in [6.45, 7) is 0. The third-order valence-electron chi connectivity index (χ3n) is 1.49. The molecule has 1 aromatic rings. The van der Waals surface area contributed by atoms with E-state index in [4.69, 9.17) is 0 Å². The standard InChI is InChI=1S/C8H7BrO3S/c1-13(11,12)8-3-2-6(5-10)4-7(8)9/h2-5H,1H3. The molecule has 0 fully saturated rings. The van der Waals surface area contributed by atoms with E-state index in [0.29, 0.717) is 16.3 Å². The second kappa shape index (κ2) is 3.59. The van der Waals surface area contributed by atoms with Gasteiger partial charge < -0.3 is 0 Å². The topological polar surface area (TPSA) is 51.2 Å². The Bertz CT molecular complexity index is 437. The first-order chi connectivity index (χ1) is 5.95. The molecule has 1 aromatic carbocycles. The molecule has 0 bridgehead atoms. The quantitative estimate of drug-likeness (QED) is 0.762. The van der Waals surface area contributed by atoms with Crippen LogP contribution in [0.3, 0.4) is 0 Å². The molecule has 3 nitrogen and oxygen atoms in total. The minimum atomic E-state index is -3.22. The number of sulfone groups is 1. The molecule has 0 N–H and O–H groups in total. The van der Waals surface area contributed by atoms with E-state index in [1.165, 1.54) is 18.2 Å². The zero-order valence-corrected chi connectivity index (χ0v) is 9.22. The highest BCUT2D eigenvalue weighted by atomic mass is 79.9. The zero-order valence-electron chi connectivity index (χ0n) is 6.82. The molecule has 70 valence electrons. The molecule has 0 spiro atoms. The highest BCUT2D eigenvalue weighted by Gasteiger charge is 2.11. The number of rotatable bonds is 2. The van der Waals surface area contributed by atoms with Gasteiger partial charge in [-0.1, -0.05) is 6.07 Å². The van der Waals surface area contributed by atoms with Crippen LogP contribution >= 0.6 is 15.9 Å². The Morgan fingerprint density at radius 2 is 2.00 bits per heavy atom. The van der Waals surface area contributed by atoms with E-state index in [1.54, 1.807) is 0 Å². The van der Waals surface area contributed by atoms with Gasteiger partial charge in [0.15, 0.2) is 9.84 Å². The van der Waals surface area contributed by atoms with Gasteiger partial charge in [0.05, 0.1) is 4.90 Å². The van der Waals surface area contributed by atoms with Crippen molar-refractivity contribution in [3.63, 3.8) is 0 Å². The summed E-state index contributed by atoms with van der Waals surface area (Å²) in [4.78, 5) is 10.5. The second-order valence-corrected chi connectivity index (χ2v) is 5.42. The van der Waals surface area contributed by atoms with E-state index in [2.05, 4.69) is 15.9 Å². The summed E-state index contributed by atoms with van der Waals surface area (Å²) in [5.74, 6) is 0. The average Bonchev–Trinajstić information content (AvgIpc) is 2.01. The van der Waals surface area contributed by atoms with Gasteiger partial charge in [-0.3, -0.25) is 4.79 Å². The number of hydrogen-bond acceptors (Lipinski definition) is 3. The van der Waals surface area contributed by atoms with Crippen LogP contribution < -0.4 is 0 Å². The highest BCUT2D eigenvalue weighted by molar-refractivity contribution is 9.10. The number of carbonyl (C=O) groups is 1. The summed E-state index contributed by atoms with van der Waals surface area (Å²) in [7, 11) is -3.22. The molecule has 0 saturated carbocycles. The Labute approximate surface area is 84.8 Å². The van der Waals surface area contributed by atoms with Crippen LogP contribution in [0.5, 0.6) is 0 Å². The van der Waals surface area contributed by atoms with Crippen LogP contribution in [-0.4, -0.2) is 21.0 Å². The van der Waals surface area contributed by atoms with Crippen LogP contribution in [0.25, 0.3) is 0 Å². The molecule has 0 aromatic heterocycles. The van der Waals surface area contributed by atoms with Crippen molar-refractivity contribution in [2.45, 2.75) is 4.90 Å². The van der Waals surface area contributed by atoms with Gasteiger partial charge in [0.2, 0.25) is 0 Å². The van der Waals surface area contributed by atoms with Gasteiger partial charge in [-0.15, -0.1) is 0 Å². The van der Waals surface area contributed by atoms with Crippen LogP contribution in [0.1, 0.15) is 10.4 Å². The monoisotopic (exact) mass is 262 g/mol. The maximum atomic E-state index is 11.1. The van der Waals surface area contributed by atoms with Crippen LogP contribution in [-0.2, 0) is 9.84 Å². The Morgan fingerprint density at radius 3 is 2.38 bits per heavy atom. The van der Waals surface area contributed by atoms with Gasteiger partial charge in [-0.25, -0.2) is 8.42 Å². The van der Waals surface area contributed by atoms with Crippen molar-refractivity contribution in [1.29, 1.82) is 0 Å². The fourth-order valence-electron chi connectivity index (χ4n) is 0.891. The number of benzene rings is 1. The van der Waals surface area contributed by atoms with Crippen LogP contribution in [0.2, 0.25) is 0 Å². The molecule has 0 unspecified atom stereocenters. The molecule has 1 rings (SSSR count). The first-order valence-electron chi connectivity index (χ1n) is 3.40. The van der Waals surface area contributed by atoms with E-state index in [1.807, 2.05) is 0 Å². The van der Waals surface area contributed by atoms with Gasteiger partial charge in [0, 0.05) is 16.3 Å². The number of halogens is 1. The lowest BCUT2D eigenvalue weighted by Gasteiger charge is -2.01. The summed E-state index contributed by atoms with van der Waals surface area (Å²) in [6, 6.07) is 4.35. The Morgan fingerprint density at radius 1 is 1.38 bits per heavy atom. The summed E-state index contributed by atoms with van der Waals surface area (Å²) < 4.78 is 22.7. The SMILES string of the molecule is CS(=O)(=O)c1ccc(C=O)cc1Br. The van der Waals surface area contributed by atoms with Crippen molar-refractivity contribution >= 4 is 32.1 Å². The molecule has 0 aliphatic carbocycles. The summed E-state index contributed by atoms with van der Waals surface area (Å²) in [5.41, 5.74) is 0.444. The average molecular weight is 263 g/mol. The fraction of sp³-hybridized carbons (Fsp3) is 0.125. The van der Waals surface area contributed by atoms with Crippen molar-refractivity contribution in [1.82, 2.24) is 0 Å². The molecule has 13 heavy (non-hydrogen) atoms. The first-order valence-corrected chi connectivity index (χ1v) is 6.08. The lowest BCUT2D eigenvalue weighted by atomic mass is 10.2. The Kier molecular flexibility index (Phi) is 2.87. The van der Waals surface area contributed by atoms with E-state index >= 15 is 0 Å². The van der Waals surface area contributed by atoms with Crippen molar-refractivity contribution in [3.8, 4) is 0 Å². The van der Waals surface area contributed by atoms with Crippen LogP contribution in [0, 0.1) is 0 Å². The zero-order chi connectivity index (χ0) is 10.1. The molecule has 0 amide bonds. The van der Waals surface area contributed by atoms with Crippen molar-refractivity contribution < 1.29 is 13.2 Å². The van der Waals surface area contributed by atoms with E-state index in [-0.39, 0.29) is 4.90 Å². The van der Waals surface area contributed by atoms with Gasteiger partial charge in [0.1, 0.15) is 6.29 Å². The molecule has 0 aliphatic rings. The largest absolute Gasteiger partial charge is 0.298 e. The highest BCUT2D eigenvalue weighted by Crippen LogP contribution is 2.22. The third kappa shape index (κ3) is 2.38. The van der Waals surface area contributed by atoms with E-state index in [0.717, 1.165) is 6.26 Å². The molecule has 0 aliphatic heterocycles. The summed E-state index contributed by atoms with van der Waals surface area (Å²) in [6.07, 6.45) is 1.78. The number of hydrogen-bond donors (Lipinski definition) is 0. The number of carbonyl (C=O) groups excluding carboxylic acids is 1. The van der Waals surface area contributed by atoms with Crippen molar-refractivity contribution in [2.24, 2.45) is 0 Å². The van der Waals surface area contributed by atoms with E-state index < -0.39 is 9.84 Å². The van der Waals surface area contributed by atoms with Crippen LogP contribution in [0.4, 0.5) is 0 Å². The molecule has 0 atom stereocenters. The maximum absolute atomic E-state index is 11.1. The molecular formula is C8H7BrO3S. The second-order valence-electron chi connectivity index (χ2n) is 2.58. The van der Waals surface area contributed by atoms with Gasteiger partial charge in [-0.05, 0) is 28.1 Å². The third-order valence-corrected chi connectivity index (χ3v) is 3.56. The van der Waals surface area contributed by atoms with Gasteiger partial charge in [-0.2, -0.15) is 0 Å². The summed E-state index contributed by atoms with van der Waals surface area (Å²) in [5, 5.41) is 0. The minimum absolute atomic E-state index is 0.193. The maximum Gasteiger partial charge on any atom is 0.176 e. The lowest BCUT2D eigenvalue weighted by molar-refractivity contribution is 0.112. The number of aldehydes is 1. The predicted octanol–water partition coefficient (Wildman–Crippen LogP) is 1.67.